The normalized spacial score (nSPS) is 14.9. The van der Waals surface area contributed by atoms with Gasteiger partial charge in [-0.25, -0.2) is 0 Å². The molecular formula is C30H27Cl2N3O3. The van der Waals surface area contributed by atoms with Crippen molar-refractivity contribution in [2.75, 3.05) is 13.1 Å². The van der Waals surface area contributed by atoms with Gasteiger partial charge in [0, 0.05) is 41.3 Å². The van der Waals surface area contributed by atoms with Crippen molar-refractivity contribution in [2.45, 2.75) is 18.3 Å². The SMILES string of the molecule is Cn1c(C(=O)N2CCC(C(N)=O)(c3ccccc3)CC2)cc(-c2ccc(Cl)cc2Cl)c1-c1ccc(O)cc1. The molecule has 5 rings (SSSR count). The van der Waals surface area contributed by atoms with Gasteiger partial charge in [0.2, 0.25) is 5.91 Å². The number of halogens is 2. The molecule has 8 heteroatoms. The molecule has 1 aliphatic heterocycles. The molecule has 0 unspecified atom stereocenters. The number of likely N-dealkylation sites (tertiary alicyclic amines) is 1. The zero-order valence-electron chi connectivity index (χ0n) is 20.8. The minimum Gasteiger partial charge on any atom is -0.508 e. The van der Waals surface area contributed by atoms with E-state index >= 15 is 0 Å². The Morgan fingerprint density at radius 3 is 2.16 bits per heavy atom. The van der Waals surface area contributed by atoms with Gasteiger partial charge in [0.25, 0.3) is 5.91 Å². The van der Waals surface area contributed by atoms with Crippen LogP contribution in [0.4, 0.5) is 0 Å². The number of phenolic OH excluding ortho intramolecular Hbond substituents is 1. The minimum absolute atomic E-state index is 0.144. The van der Waals surface area contributed by atoms with Crippen molar-refractivity contribution >= 4 is 35.0 Å². The quantitative estimate of drug-likeness (QED) is 0.319. The van der Waals surface area contributed by atoms with E-state index in [9.17, 15) is 14.7 Å². The maximum absolute atomic E-state index is 13.9. The number of amides is 2. The van der Waals surface area contributed by atoms with Crippen molar-refractivity contribution in [3.63, 3.8) is 0 Å². The fourth-order valence-electron chi connectivity index (χ4n) is 5.38. The Bertz CT molecular complexity index is 1510. The molecule has 1 saturated heterocycles. The number of phenols is 1. The molecule has 38 heavy (non-hydrogen) atoms. The largest absolute Gasteiger partial charge is 0.508 e. The number of aromatic nitrogens is 1. The Hall–Kier alpha value is -3.74. The van der Waals surface area contributed by atoms with Crippen molar-refractivity contribution in [2.24, 2.45) is 12.8 Å². The number of hydrogen-bond acceptors (Lipinski definition) is 3. The van der Waals surface area contributed by atoms with Gasteiger partial charge in [0.1, 0.15) is 11.4 Å². The molecule has 2 amide bonds. The molecular weight excluding hydrogens is 521 g/mol. The van der Waals surface area contributed by atoms with Crippen molar-refractivity contribution in [1.29, 1.82) is 0 Å². The van der Waals surface area contributed by atoms with Crippen LogP contribution in [-0.2, 0) is 17.3 Å². The van der Waals surface area contributed by atoms with E-state index in [0.29, 0.717) is 41.7 Å². The second kappa shape index (κ2) is 10.2. The fourth-order valence-corrected chi connectivity index (χ4v) is 5.89. The molecule has 1 fully saturated rings. The molecule has 6 nitrogen and oxygen atoms in total. The van der Waals surface area contributed by atoms with E-state index in [1.807, 2.05) is 54.1 Å². The maximum Gasteiger partial charge on any atom is 0.270 e. The van der Waals surface area contributed by atoms with Gasteiger partial charge in [-0.3, -0.25) is 9.59 Å². The number of aromatic hydroxyl groups is 1. The van der Waals surface area contributed by atoms with E-state index < -0.39 is 5.41 Å². The van der Waals surface area contributed by atoms with Gasteiger partial charge < -0.3 is 20.3 Å². The highest BCUT2D eigenvalue weighted by Crippen LogP contribution is 2.41. The van der Waals surface area contributed by atoms with Crippen LogP contribution in [0.5, 0.6) is 5.75 Å². The Kier molecular flexibility index (Phi) is 6.95. The molecule has 0 saturated carbocycles. The van der Waals surface area contributed by atoms with E-state index in [4.69, 9.17) is 28.9 Å². The van der Waals surface area contributed by atoms with Crippen molar-refractivity contribution in [3.8, 4) is 28.1 Å². The standard InChI is InChI=1S/C30H27Cl2N3O3/c1-34-26(28(37)35-15-13-30(14-16-35,29(33)38)20-5-3-2-4-6-20)18-24(23-12-9-21(31)17-25(23)32)27(34)19-7-10-22(36)11-8-19/h2-12,17-18,36H,13-16H2,1H3,(H2,33,38). The Morgan fingerprint density at radius 1 is 0.895 bits per heavy atom. The molecule has 194 valence electrons. The van der Waals surface area contributed by atoms with E-state index in [1.54, 1.807) is 41.3 Å². The van der Waals surface area contributed by atoms with Crippen LogP contribution in [0.15, 0.2) is 78.9 Å². The molecule has 0 bridgehead atoms. The van der Waals surface area contributed by atoms with Crippen molar-refractivity contribution in [1.82, 2.24) is 9.47 Å². The zero-order valence-corrected chi connectivity index (χ0v) is 22.3. The number of nitrogens with two attached hydrogens (primary N) is 1. The average molecular weight is 548 g/mol. The summed E-state index contributed by atoms with van der Waals surface area (Å²) in [6.45, 7) is 0.793. The number of benzene rings is 3. The first-order valence-corrected chi connectivity index (χ1v) is 13.1. The average Bonchev–Trinajstić information content (AvgIpc) is 3.25. The van der Waals surface area contributed by atoms with E-state index in [2.05, 4.69) is 0 Å². The molecule has 0 radical (unpaired) electrons. The lowest BCUT2D eigenvalue weighted by Crippen LogP contribution is -2.51. The lowest BCUT2D eigenvalue weighted by atomic mass is 9.72. The maximum atomic E-state index is 13.9. The van der Waals surface area contributed by atoms with Crippen LogP contribution >= 0.6 is 23.2 Å². The number of rotatable bonds is 5. The number of hydrogen-bond donors (Lipinski definition) is 2. The smallest absolute Gasteiger partial charge is 0.270 e. The first-order chi connectivity index (χ1) is 18.2. The predicted octanol–water partition coefficient (Wildman–Crippen LogP) is 6.03. The Balaban J connectivity index is 1.52. The summed E-state index contributed by atoms with van der Waals surface area (Å²) in [5.74, 6) is -0.367. The molecule has 2 heterocycles. The van der Waals surface area contributed by atoms with Crippen LogP contribution in [0.25, 0.3) is 22.4 Å². The molecule has 3 aromatic carbocycles. The van der Waals surface area contributed by atoms with Gasteiger partial charge in [-0.05, 0) is 66.4 Å². The highest BCUT2D eigenvalue weighted by Gasteiger charge is 2.42. The zero-order chi connectivity index (χ0) is 27.0. The highest BCUT2D eigenvalue weighted by atomic mass is 35.5. The van der Waals surface area contributed by atoms with Crippen LogP contribution in [0.3, 0.4) is 0 Å². The second-order valence-corrected chi connectivity index (χ2v) is 10.5. The number of carbonyl (C=O) groups is 2. The van der Waals surface area contributed by atoms with Crippen molar-refractivity contribution < 1.29 is 14.7 Å². The first-order valence-electron chi connectivity index (χ1n) is 12.3. The van der Waals surface area contributed by atoms with Crippen molar-refractivity contribution in [3.05, 3.63) is 100 Å². The fraction of sp³-hybridized carbons (Fsp3) is 0.200. The summed E-state index contributed by atoms with van der Waals surface area (Å²) in [7, 11) is 1.84. The van der Waals surface area contributed by atoms with E-state index in [-0.39, 0.29) is 17.6 Å². The second-order valence-electron chi connectivity index (χ2n) is 9.63. The highest BCUT2D eigenvalue weighted by molar-refractivity contribution is 6.36. The summed E-state index contributed by atoms with van der Waals surface area (Å²) < 4.78 is 1.85. The van der Waals surface area contributed by atoms with Gasteiger partial charge >= 0.3 is 0 Å². The lowest BCUT2D eigenvalue weighted by Gasteiger charge is -2.40. The third-order valence-electron chi connectivity index (χ3n) is 7.52. The number of primary amides is 1. The molecule has 3 N–H and O–H groups in total. The third-order valence-corrected chi connectivity index (χ3v) is 8.06. The Morgan fingerprint density at radius 2 is 1.55 bits per heavy atom. The molecule has 0 atom stereocenters. The van der Waals surface area contributed by atoms with Crippen LogP contribution in [-0.4, -0.2) is 39.5 Å². The lowest BCUT2D eigenvalue weighted by molar-refractivity contribution is -0.125. The summed E-state index contributed by atoms with van der Waals surface area (Å²) in [6.07, 6.45) is 0.895. The predicted molar refractivity (Wildman–Crippen MR) is 150 cm³/mol. The van der Waals surface area contributed by atoms with Crippen LogP contribution in [0, 0.1) is 0 Å². The summed E-state index contributed by atoms with van der Waals surface area (Å²) in [5, 5.41) is 10.8. The summed E-state index contributed by atoms with van der Waals surface area (Å²) in [4.78, 5) is 28.2. The summed E-state index contributed by atoms with van der Waals surface area (Å²) >= 11 is 12.7. The molecule has 0 spiro atoms. The molecule has 0 aliphatic carbocycles. The topological polar surface area (TPSA) is 88.6 Å². The van der Waals surface area contributed by atoms with E-state index in [1.165, 1.54) is 0 Å². The van der Waals surface area contributed by atoms with Crippen LogP contribution in [0.1, 0.15) is 28.9 Å². The molecule has 4 aromatic rings. The van der Waals surface area contributed by atoms with Gasteiger partial charge in [-0.15, -0.1) is 0 Å². The number of carbonyl (C=O) groups excluding carboxylic acids is 2. The first kappa shape index (κ1) is 25.9. The minimum atomic E-state index is -0.800. The Labute approximate surface area is 231 Å². The van der Waals surface area contributed by atoms with Gasteiger partial charge in [-0.2, -0.15) is 0 Å². The number of piperidine rings is 1. The molecule has 1 aliphatic rings. The van der Waals surface area contributed by atoms with E-state index in [0.717, 1.165) is 27.9 Å². The van der Waals surface area contributed by atoms with Gasteiger partial charge in [0.15, 0.2) is 0 Å². The van der Waals surface area contributed by atoms with Crippen LogP contribution in [0.2, 0.25) is 10.0 Å². The summed E-state index contributed by atoms with van der Waals surface area (Å²) in [6, 6.07) is 23.5. The molecule has 1 aromatic heterocycles. The number of nitrogens with zero attached hydrogens (tertiary/aromatic N) is 2. The van der Waals surface area contributed by atoms with Gasteiger partial charge in [-0.1, -0.05) is 59.6 Å². The summed E-state index contributed by atoms with van der Waals surface area (Å²) in [5.41, 5.74) is 9.58. The van der Waals surface area contributed by atoms with Gasteiger partial charge in [0.05, 0.1) is 11.1 Å². The van der Waals surface area contributed by atoms with Crippen LogP contribution < -0.4 is 5.73 Å². The monoisotopic (exact) mass is 547 g/mol. The third kappa shape index (κ3) is 4.55.